The normalized spacial score (nSPS) is 28.6. The Bertz CT molecular complexity index is 688. The highest BCUT2D eigenvalue weighted by Gasteiger charge is 2.61. The number of rotatable bonds is 6. The van der Waals surface area contributed by atoms with Crippen molar-refractivity contribution >= 4 is 11.8 Å². The van der Waals surface area contributed by atoms with E-state index in [1.54, 1.807) is 0 Å². The molecule has 0 heterocycles. The highest BCUT2D eigenvalue weighted by Crippen LogP contribution is 2.60. The van der Waals surface area contributed by atoms with Crippen molar-refractivity contribution in [2.75, 3.05) is 0 Å². The van der Waals surface area contributed by atoms with Crippen molar-refractivity contribution in [3.8, 4) is 0 Å². The molecule has 3 heteroatoms. The van der Waals surface area contributed by atoms with Gasteiger partial charge < -0.3 is 4.74 Å². The minimum Gasteiger partial charge on any atom is -0.457 e. The summed E-state index contributed by atoms with van der Waals surface area (Å²) < 4.78 is 5.73. The standard InChI is InChI=1S/C22H30O3/c1-8-9-10-16-15(5)19(12-18(16)23)25-21(24)20-17(22(20,6)7)11-14(4)13(2)3/h9-11,17,19-20H,2,8,12H2,1,3-7H3/b10-9+,14-11+. The lowest BCUT2D eigenvalue weighted by atomic mass is 10.1. The third-order valence-electron chi connectivity index (χ3n) is 5.62. The van der Waals surface area contributed by atoms with Gasteiger partial charge in [-0.25, -0.2) is 0 Å². The Labute approximate surface area is 151 Å². The van der Waals surface area contributed by atoms with Crippen LogP contribution in [0, 0.1) is 17.3 Å². The first-order valence-electron chi connectivity index (χ1n) is 9.06. The van der Waals surface area contributed by atoms with Crippen LogP contribution in [0.15, 0.2) is 47.1 Å². The number of allylic oxidation sites excluding steroid dienone is 6. The van der Waals surface area contributed by atoms with E-state index in [4.69, 9.17) is 4.74 Å². The summed E-state index contributed by atoms with van der Waals surface area (Å²) in [4.78, 5) is 24.8. The van der Waals surface area contributed by atoms with E-state index in [1.807, 2.05) is 39.8 Å². The van der Waals surface area contributed by atoms with Crippen LogP contribution in [0.4, 0.5) is 0 Å². The van der Waals surface area contributed by atoms with E-state index >= 15 is 0 Å². The van der Waals surface area contributed by atoms with Crippen LogP contribution in [0.3, 0.4) is 0 Å². The fourth-order valence-corrected chi connectivity index (χ4v) is 3.48. The van der Waals surface area contributed by atoms with Crippen LogP contribution in [-0.4, -0.2) is 17.9 Å². The van der Waals surface area contributed by atoms with Crippen molar-refractivity contribution in [2.45, 2.75) is 60.5 Å². The fourth-order valence-electron chi connectivity index (χ4n) is 3.48. The molecule has 3 nitrogen and oxygen atoms in total. The summed E-state index contributed by atoms with van der Waals surface area (Å²) in [5.41, 5.74) is 3.59. The lowest BCUT2D eigenvalue weighted by Crippen LogP contribution is -2.20. The molecule has 0 aliphatic heterocycles. The summed E-state index contributed by atoms with van der Waals surface area (Å²) in [5.74, 6) is -0.124. The quantitative estimate of drug-likeness (QED) is 0.507. The van der Waals surface area contributed by atoms with Crippen LogP contribution in [0.2, 0.25) is 0 Å². The minimum absolute atomic E-state index is 0.0598. The first-order valence-corrected chi connectivity index (χ1v) is 9.06. The maximum Gasteiger partial charge on any atom is 0.310 e. The zero-order chi connectivity index (χ0) is 18.9. The predicted octanol–water partition coefficient (Wildman–Crippen LogP) is 4.95. The Morgan fingerprint density at radius 3 is 2.56 bits per heavy atom. The number of carbonyl (C=O) groups excluding carboxylic acids is 2. The molecule has 136 valence electrons. The van der Waals surface area contributed by atoms with Crippen molar-refractivity contribution in [3.63, 3.8) is 0 Å². The average molecular weight is 342 g/mol. The molecule has 1 saturated carbocycles. The molecule has 1 fully saturated rings. The lowest BCUT2D eigenvalue weighted by molar-refractivity contribution is -0.150. The number of ether oxygens (including phenoxy) is 1. The third-order valence-corrected chi connectivity index (χ3v) is 5.62. The van der Waals surface area contributed by atoms with Gasteiger partial charge in [-0.15, -0.1) is 0 Å². The topological polar surface area (TPSA) is 43.4 Å². The van der Waals surface area contributed by atoms with Crippen molar-refractivity contribution in [3.05, 3.63) is 47.1 Å². The maximum absolute atomic E-state index is 12.7. The van der Waals surface area contributed by atoms with Crippen molar-refractivity contribution in [1.82, 2.24) is 0 Å². The lowest BCUT2D eigenvalue weighted by Gasteiger charge is -2.13. The van der Waals surface area contributed by atoms with E-state index in [9.17, 15) is 9.59 Å². The molecule has 0 aromatic carbocycles. The molecular formula is C22H30O3. The summed E-state index contributed by atoms with van der Waals surface area (Å²) in [7, 11) is 0. The molecule has 0 bridgehead atoms. The molecule has 0 N–H and O–H groups in total. The average Bonchev–Trinajstić information content (AvgIpc) is 2.95. The van der Waals surface area contributed by atoms with Gasteiger partial charge in [0.05, 0.1) is 12.3 Å². The molecule has 25 heavy (non-hydrogen) atoms. The summed E-state index contributed by atoms with van der Waals surface area (Å²) in [6, 6.07) is 0. The van der Waals surface area contributed by atoms with Crippen molar-refractivity contribution in [1.29, 1.82) is 0 Å². The van der Waals surface area contributed by atoms with Gasteiger partial charge in [-0.1, -0.05) is 56.7 Å². The molecule has 0 amide bonds. The second-order valence-corrected chi connectivity index (χ2v) is 7.91. The summed E-state index contributed by atoms with van der Waals surface area (Å²) >= 11 is 0. The first kappa shape index (κ1) is 19.4. The van der Waals surface area contributed by atoms with Crippen LogP contribution in [0.5, 0.6) is 0 Å². The Morgan fingerprint density at radius 1 is 1.36 bits per heavy atom. The Kier molecular flexibility index (Phi) is 5.55. The highest BCUT2D eigenvalue weighted by molar-refractivity contribution is 6.02. The van der Waals surface area contributed by atoms with Gasteiger partial charge in [-0.05, 0) is 44.1 Å². The zero-order valence-electron chi connectivity index (χ0n) is 16.3. The first-order chi connectivity index (χ1) is 11.6. The number of hydrogen-bond donors (Lipinski definition) is 0. The van der Waals surface area contributed by atoms with E-state index < -0.39 is 6.10 Å². The van der Waals surface area contributed by atoms with Gasteiger partial charge in [0.25, 0.3) is 0 Å². The molecule has 3 unspecified atom stereocenters. The van der Waals surface area contributed by atoms with Gasteiger partial charge >= 0.3 is 5.97 Å². The van der Waals surface area contributed by atoms with Crippen molar-refractivity contribution < 1.29 is 14.3 Å². The molecule has 2 rings (SSSR count). The number of carbonyl (C=O) groups is 2. The van der Waals surface area contributed by atoms with Gasteiger partial charge in [0, 0.05) is 5.57 Å². The molecule has 0 radical (unpaired) electrons. The van der Waals surface area contributed by atoms with Crippen LogP contribution in [-0.2, 0) is 14.3 Å². The van der Waals surface area contributed by atoms with E-state index in [2.05, 4.69) is 26.5 Å². The van der Waals surface area contributed by atoms with Gasteiger partial charge in [0.2, 0.25) is 0 Å². The third kappa shape index (κ3) is 3.86. The number of esters is 1. The van der Waals surface area contributed by atoms with E-state index in [0.29, 0.717) is 5.57 Å². The van der Waals surface area contributed by atoms with Crippen LogP contribution in [0.1, 0.15) is 54.4 Å². The monoisotopic (exact) mass is 342 g/mol. The van der Waals surface area contributed by atoms with E-state index in [-0.39, 0.29) is 35.4 Å². The smallest absolute Gasteiger partial charge is 0.310 e. The van der Waals surface area contributed by atoms with E-state index in [0.717, 1.165) is 23.1 Å². The van der Waals surface area contributed by atoms with Gasteiger partial charge in [0.1, 0.15) is 6.10 Å². The second-order valence-electron chi connectivity index (χ2n) is 7.91. The molecule has 0 saturated heterocycles. The summed E-state index contributed by atoms with van der Waals surface area (Å²) in [6.07, 6.45) is 6.67. The minimum atomic E-state index is -0.417. The van der Waals surface area contributed by atoms with Crippen molar-refractivity contribution in [2.24, 2.45) is 17.3 Å². The van der Waals surface area contributed by atoms with Gasteiger partial charge in [-0.2, -0.15) is 0 Å². The molecular weight excluding hydrogens is 312 g/mol. The summed E-state index contributed by atoms with van der Waals surface area (Å²) in [6.45, 7) is 16.0. The molecule has 0 aromatic rings. The van der Waals surface area contributed by atoms with Crippen LogP contribution in [0.25, 0.3) is 0 Å². The van der Waals surface area contributed by atoms with Crippen LogP contribution >= 0.6 is 0 Å². The van der Waals surface area contributed by atoms with Gasteiger partial charge in [-0.3, -0.25) is 9.59 Å². The number of Topliss-reactive ketones (excluding diaryl/α,β-unsaturated/α-hetero) is 1. The maximum atomic E-state index is 12.7. The Hall–Kier alpha value is -1.90. The molecule has 2 aliphatic carbocycles. The van der Waals surface area contributed by atoms with Crippen LogP contribution < -0.4 is 0 Å². The number of hydrogen-bond acceptors (Lipinski definition) is 3. The SMILES string of the molecule is C=C(C)/C(C)=C/C1C(C(=O)OC2CC(=O)C(/C=C/CC)=C2C)C1(C)C. The molecule has 3 atom stereocenters. The predicted molar refractivity (Wildman–Crippen MR) is 101 cm³/mol. The van der Waals surface area contributed by atoms with Gasteiger partial charge in [0.15, 0.2) is 5.78 Å². The highest BCUT2D eigenvalue weighted by atomic mass is 16.5. The molecule has 0 aromatic heterocycles. The van der Waals surface area contributed by atoms with E-state index in [1.165, 1.54) is 0 Å². The Morgan fingerprint density at radius 2 is 2.00 bits per heavy atom. The number of ketones is 1. The summed E-state index contributed by atoms with van der Waals surface area (Å²) in [5, 5.41) is 0. The zero-order valence-corrected chi connectivity index (χ0v) is 16.3. The molecule has 2 aliphatic rings. The molecule has 0 spiro atoms. The Balaban J connectivity index is 2.09. The second kappa shape index (κ2) is 7.15. The fraction of sp³-hybridized carbons (Fsp3) is 0.545. The largest absolute Gasteiger partial charge is 0.457 e.